The first-order chi connectivity index (χ1) is 60.6. The smallest absolute Gasteiger partial charge is 0.364 e. The Balaban J connectivity index is 1.30. The zero-order chi connectivity index (χ0) is 93.8. The van der Waals surface area contributed by atoms with Gasteiger partial charge < -0.3 is 185 Å². The lowest BCUT2D eigenvalue weighted by Crippen LogP contribution is -2.71. The molecule has 0 aliphatic carbocycles. The summed E-state index contributed by atoms with van der Waals surface area (Å²) in [5, 5.41) is 245. The van der Waals surface area contributed by atoms with Crippen LogP contribution in [-0.2, 0) is 85.6 Å². The Bertz CT molecular complexity index is 3200. The third-order valence-electron chi connectivity index (χ3n) is 24.4. The van der Waals surface area contributed by atoms with Gasteiger partial charge in [0.1, 0.15) is 128 Å². The molecule has 0 spiro atoms. The van der Waals surface area contributed by atoms with E-state index in [-0.39, 0.29) is 6.42 Å². The van der Waals surface area contributed by atoms with E-state index in [0.717, 1.165) is 85.0 Å². The monoisotopic (exact) mass is 1840 g/mol. The second-order valence-corrected chi connectivity index (χ2v) is 34.6. The van der Waals surface area contributed by atoms with Gasteiger partial charge in [0.05, 0.1) is 88.8 Å². The van der Waals surface area contributed by atoms with E-state index < -0.39 is 308 Å². The van der Waals surface area contributed by atoms with Crippen LogP contribution in [0.1, 0.15) is 234 Å². The number of rotatable bonds is 60. The molecule has 6 heterocycles. The number of ketones is 1. The summed E-state index contributed by atoms with van der Waals surface area (Å²) in [6, 6.07) is -4.77. The third kappa shape index (κ3) is 32.7. The zero-order valence-corrected chi connectivity index (χ0v) is 73.7. The Morgan fingerprint density at radius 2 is 0.811 bits per heavy atom. The first-order valence-electron chi connectivity index (χ1n) is 45.4. The molecule has 738 valence electrons. The molecule has 6 fully saturated rings. The Hall–Kier alpha value is -4.48. The summed E-state index contributed by atoms with van der Waals surface area (Å²) in [4.78, 5) is 79.7. The molecule has 3 amide bonds. The quantitative estimate of drug-likeness (QED) is 0.0216. The Morgan fingerprint density at radius 1 is 0.433 bits per heavy atom. The maximum Gasteiger partial charge on any atom is 0.364 e. The molecule has 6 rings (SSSR count). The fourth-order valence-corrected chi connectivity index (χ4v) is 17.2. The van der Waals surface area contributed by atoms with Gasteiger partial charge in [0, 0.05) is 45.4 Å². The van der Waals surface area contributed by atoms with Crippen molar-refractivity contribution in [3.05, 3.63) is 12.2 Å². The molecule has 6 saturated heterocycles. The third-order valence-corrected chi connectivity index (χ3v) is 24.4. The van der Waals surface area contributed by atoms with Crippen molar-refractivity contribution in [2.75, 3.05) is 46.2 Å². The van der Waals surface area contributed by atoms with E-state index in [0.29, 0.717) is 12.8 Å². The molecule has 0 bridgehead atoms. The van der Waals surface area contributed by atoms with Gasteiger partial charge in [-0.25, -0.2) is 9.59 Å². The minimum absolute atomic E-state index is 0.0980. The van der Waals surface area contributed by atoms with Crippen molar-refractivity contribution in [3.63, 3.8) is 0 Å². The van der Waals surface area contributed by atoms with Crippen LogP contribution in [0.4, 0.5) is 0 Å². The number of allylic oxidation sites excluding steroid dienone is 1. The van der Waals surface area contributed by atoms with E-state index in [1.807, 2.05) is 0 Å². The van der Waals surface area contributed by atoms with Crippen LogP contribution in [0.3, 0.4) is 0 Å². The van der Waals surface area contributed by atoms with E-state index in [9.17, 15) is 136 Å². The minimum atomic E-state index is -3.48. The van der Waals surface area contributed by atoms with E-state index in [2.05, 4.69) is 29.8 Å². The van der Waals surface area contributed by atoms with Gasteiger partial charge in [-0.05, 0) is 26.2 Å². The van der Waals surface area contributed by atoms with Crippen LogP contribution in [0.25, 0.3) is 0 Å². The Morgan fingerprint density at radius 3 is 1.24 bits per heavy atom. The van der Waals surface area contributed by atoms with Gasteiger partial charge in [0.2, 0.25) is 17.7 Å². The topological polar surface area (TPSA) is 674 Å². The van der Waals surface area contributed by atoms with Crippen molar-refractivity contribution >= 4 is 35.4 Å². The van der Waals surface area contributed by atoms with Gasteiger partial charge in [-0.1, -0.05) is 180 Å². The highest BCUT2D eigenvalue weighted by Crippen LogP contribution is 2.44. The first kappa shape index (κ1) is 111. The molecular weight excluding hydrogens is 1690 g/mol. The number of nitrogens with one attached hydrogen (secondary N) is 3. The molecule has 0 aromatic heterocycles. The fourth-order valence-electron chi connectivity index (χ4n) is 17.2. The lowest BCUT2D eigenvalue weighted by molar-refractivity contribution is -0.408. The van der Waals surface area contributed by atoms with Crippen LogP contribution < -0.4 is 16.0 Å². The number of aliphatic hydroxyl groups excluding tert-OH is 19. The number of unbranched alkanes of at least 4 members (excludes halogenated alkanes) is 25. The van der Waals surface area contributed by atoms with Crippen LogP contribution in [0.5, 0.6) is 0 Å². The van der Waals surface area contributed by atoms with Crippen LogP contribution in [-0.4, -0.2) is 390 Å². The van der Waals surface area contributed by atoms with Crippen LogP contribution in [0.2, 0.25) is 0 Å². The van der Waals surface area contributed by atoms with Crippen molar-refractivity contribution in [1.29, 1.82) is 0 Å². The summed E-state index contributed by atoms with van der Waals surface area (Å²) in [5.41, 5.74) is 0. The number of aliphatic hydroxyl groups is 19. The maximum atomic E-state index is 14.1. The highest BCUT2D eigenvalue weighted by molar-refractivity contribution is 5.78. The molecule has 0 radical (unpaired) electrons. The summed E-state index contributed by atoms with van der Waals surface area (Å²) in [5.74, 6) is -16.1. The number of carbonyl (C=O) groups is 6. The molecule has 34 atom stereocenters. The minimum Gasteiger partial charge on any atom is -0.477 e. The van der Waals surface area contributed by atoms with Gasteiger partial charge in [-0.2, -0.15) is 0 Å². The largest absolute Gasteiger partial charge is 0.477 e. The van der Waals surface area contributed by atoms with Crippen LogP contribution >= 0.6 is 0 Å². The average molecular weight is 1840 g/mol. The molecule has 42 nitrogen and oxygen atoms in total. The van der Waals surface area contributed by atoms with E-state index in [4.69, 9.17) is 56.8 Å². The van der Waals surface area contributed by atoms with Crippen LogP contribution in [0, 0.1) is 5.92 Å². The normalized spacial score (nSPS) is 35.1. The van der Waals surface area contributed by atoms with Crippen molar-refractivity contribution < 1.29 is 193 Å². The molecule has 127 heavy (non-hydrogen) atoms. The molecule has 24 N–H and O–H groups in total. The summed E-state index contributed by atoms with van der Waals surface area (Å²) >= 11 is 0. The molecular formula is C85H149N3O39. The number of hydrogen-bond acceptors (Lipinski definition) is 37. The first-order valence-corrected chi connectivity index (χ1v) is 45.4. The molecule has 6 aliphatic heterocycles. The van der Waals surface area contributed by atoms with Gasteiger partial charge in [0.15, 0.2) is 25.2 Å². The number of Topliss-reactive ketones (excluding diaryl/α,β-unsaturated/α-hetero) is 1. The number of carboxylic acid groups (broad SMARTS) is 2. The van der Waals surface area contributed by atoms with E-state index in [1.54, 1.807) is 6.08 Å². The lowest BCUT2D eigenvalue weighted by Gasteiger charge is -2.53. The molecule has 0 saturated carbocycles. The second-order valence-electron chi connectivity index (χ2n) is 34.6. The van der Waals surface area contributed by atoms with Gasteiger partial charge in [0.25, 0.3) is 11.6 Å². The van der Waals surface area contributed by atoms with Gasteiger partial charge in [-0.15, -0.1) is 0 Å². The molecule has 0 aromatic rings. The van der Waals surface area contributed by atoms with Crippen molar-refractivity contribution in [1.82, 2.24) is 16.0 Å². The van der Waals surface area contributed by atoms with Gasteiger partial charge >= 0.3 is 11.9 Å². The standard InChI is InChI=1S/C85H149N3O39/c1-6-8-10-12-14-16-18-20-21-23-25-27-29-31-33-35-60(103)88-50(51(98)34-32-30-28-26-24-22-19-17-15-13-11-9-7-2)45-116-79-68(109)67(108)72(58(43-93)119-79)122-81-70(111)77(127-85(83(114)115)38-53(100)62(87-48(5)97)75(125-85)64(105)55(102)40-90)73(59(44-94)120-81)123-78-49(36-46(3)95)71(65(106)56(41-91)117-78)121-80-69(110)76(66(107)57(42-92)118-80)126-84(82(112)113)37-52(99)61(86-47(4)96)74(124-84)63(104)54(101)39-89/h32,34,49-59,61-81,89-94,98-102,104-111H,6-31,33,35-45H2,1-5H3,(H,86,96)(H,87,97)(H,88,103)(H,112,113)(H,114,115). The molecule has 42 heteroatoms. The molecule has 34 unspecified atom stereocenters. The second kappa shape index (κ2) is 56.6. The average Bonchev–Trinajstić information content (AvgIpc) is 0.749. The summed E-state index contributed by atoms with van der Waals surface area (Å²) in [6.07, 6.45) is -32.4. The van der Waals surface area contributed by atoms with Gasteiger partial charge in [-0.3, -0.25) is 14.4 Å². The number of hydrogen-bond donors (Lipinski definition) is 24. The Labute approximate surface area is 740 Å². The Kier molecular flexibility index (Phi) is 49.6. The number of carboxylic acids is 2. The fraction of sp³-hybridized carbons (Fsp3) is 0.906. The SMILES string of the molecule is CCCCCCCCCCCCCC=CC(O)C(COC1OC(CO)C(OC2OC(CO)C(OC3OC(CO)C(O)C(OC4OC(CO)C(O)C(OC5(C(=O)O)CC(O)C(NC(C)=O)C(C(O)C(O)CO)O5)C4O)C3CC(C)=O)C(OC3(C(=O)O)CC(O)C(NC(C)=O)C(C(O)C(O)CO)O3)C2O)C(O)C1O)NC(=O)CCCCCCCCCCCCCCCCC. The highest BCUT2D eigenvalue weighted by Gasteiger charge is 2.64. The van der Waals surface area contributed by atoms with Crippen molar-refractivity contribution in [2.45, 2.75) is 435 Å². The summed E-state index contributed by atoms with van der Waals surface area (Å²) < 4.78 is 72.7. The zero-order valence-electron chi connectivity index (χ0n) is 73.7. The predicted octanol–water partition coefficient (Wildman–Crippen LogP) is -2.78. The number of carbonyl (C=O) groups excluding carboxylic acids is 4. The molecule has 0 aromatic carbocycles. The van der Waals surface area contributed by atoms with Crippen LogP contribution in [0.15, 0.2) is 12.2 Å². The molecule has 6 aliphatic rings. The summed E-state index contributed by atoms with van der Waals surface area (Å²) in [6.45, 7) is -0.630. The number of amides is 3. The van der Waals surface area contributed by atoms with E-state index in [1.165, 1.54) is 102 Å². The van der Waals surface area contributed by atoms with E-state index >= 15 is 0 Å². The van der Waals surface area contributed by atoms with Crippen molar-refractivity contribution in [3.8, 4) is 0 Å². The summed E-state index contributed by atoms with van der Waals surface area (Å²) in [7, 11) is 0. The maximum absolute atomic E-state index is 14.1. The predicted molar refractivity (Wildman–Crippen MR) is 441 cm³/mol. The number of aliphatic carboxylic acids is 2. The lowest BCUT2D eigenvalue weighted by atomic mass is 9.86. The number of ether oxygens (including phenoxy) is 12. The van der Waals surface area contributed by atoms with Crippen molar-refractivity contribution in [2.24, 2.45) is 5.92 Å². The highest BCUT2D eigenvalue weighted by atomic mass is 16.8.